The van der Waals surface area contributed by atoms with Gasteiger partial charge in [-0.2, -0.15) is 0 Å². The van der Waals surface area contributed by atoms with E-state index in [1.165, 1.54) is 30.4 Å². The molecular weight excluding hydrogens is 242 g/mol. The van der Waals surface area contributed by atoms with E-state index in [4.69, 9.17) is 0 Å². The van der Waals surface area contributed by atoms with Crippen molar-refractivity contribution in [3.63, 3.8) is 0 Å². The fourth-order valence-corrected chi connectivity index (χ4v) is 3.28. The van der Waals surface area contributed by atoms with Gasteiger partial charge in [0, 0.05) is 6.04 Å². The van der Waals surface area contributed by atoms with Gasteiger partial charge in [-0.25, -0.2) is 0 Å². The molecule has 104 valence electrons. The Morgan fingerprint density at radius 1 is 0.800 bits per heavy atom. The second-order valence-electron chi connectivity index (χ2n) is 5.92. The van der Waals surface area contributed by atoms with Crippen LogP contribution < -0.4 is 5.32 Å². The number of benzene rings is 2. The summed E-state index contributed by atoms with van der Waals surface area (Å²) >= 11 is 0. The highest BCUT2D eigenvalue weighted by atomic mass is 14.9. The molecule has 3 rings (SSSR count). The van der Waals surface area contributed by atoms with E-state index in [0.717, 1.165) is 18.9 Å². The SMILES string of the molecule is c1ccc(C[C@H]2CCN[C@@H](Cc3ccccc3)C2)cc1. The van der Waals surface area contributed by atoms with Gasteiger partial charge in [-0.1, -0.05) is 60.7 Å². The summed E-state index contributed by atoms with van der Waals surface area (Å²) in [6.07, 6.45) is 4.99. The second-order valence-corrected chi connectivity index (χ2v) is 5.92. The van der Waals surface area contributed by atoms with Gasteiger partial charge in [0.1, 0.15) is 0 Å². The van der Waals surface area contributed by atoms with Crippen LogP contribution in [-0.2, 0) is 12.8 Å². The van der Waals surface area contributed by atoms with Crippen LogP contribution in [0.3, 0.4) is 0 Å². The summed E-state index contributed by atoms with van der Waals surface area (Å²) < 4.78 is 0. The third kappa shape index (κ3) is 3.71. The lowest BCUT2D eigenvalue weighted by atomic mass is 9.85. The number of rotatable bonds is 4. The van der Waals surface area contributed by atoms with Gasteiger partial charge >= 0.3 is 0 Å². The molecule has 1 aliphatic rings. The first-order chi connectivity index (χ1) is 9.90. The highest BCUT2D eigenvalue weighted by Crippen LogP contribution is 2.22. The van der Waals surface area contributed by atoms with E-state index in [2.05, 4.69) is 66.0 Å². The molecule has 2 atom stereocenters. The lowest BCUT2D eigenvalue weighted by molar-refractivity contribution is 0.299. The van der Waals surface area contributed by atoms with Crippen LogP contribution in [0.15, 0.2) is 60.7 Å². The van der Waals surface area contributed by atoms with Gasteiger partial charge in [-0.05, 0) is 49.3 Å². The Morgan fingerprint density at radius 2 is 1.40 bits per heavy atom. The van der Waals surface area contributed by atoms with Crippen molar-refractivity contribution in [2.45, 2.75) is 31.7 Å². The smallest absolute Gasteiger partial charge is 0.0110 e. The van der Waals surface area contributed by atoms with Gasteiger partial charge in [0.15, 0.2) is 0 Å². The summed E-state index contributed by atoms with van der Waals surface area (Å²) in [7, 11) is 0. The van der Waals surface area contributed by atoms with E-state index in [9.17, 15) is 0 Å². The van der Waals surface area contributed by atoms with Gasteiger partial charge in [-0.15, -0.1) is 0 Å². The van der Waals surface area contributed by atoms with E-state index in [-0.39, 0.29) is 0 Å². The van der Waals surface area contributed by atoms with Gasteiger partial charge in [0.05, 0.1) is 0 Å². The zero-order chi connectivity index (χ0) is 13.6. The lowest BCUT2D eigenvalue weighted by Crippen LogP contribution is -2.40. The molecule has 0 saturated carbocycles. The molecule has 0 bridgehead atoms. The van der Waals surface area contributed by atoms with Crippen molar-refractivity contribution in [3.8, 4) is 0 Å². The van der Waals surface area contributed by atoms with E-state index in [1.807, 2.05) is 0 Å². The minimum Gasteiger partial charge on any atom is -0.314 e. The molecule has 0 radical (unpaired) electrons. The van der Waals surface area contributed by atoms with Crippen LogP contribution in [0.1, 0.15) is 24.0 Å². The minimum absolute atomic E-state index is 0.639. The maximum absolute atomic E-state index is 3.68. The Kier molecular flexibility index (Phi) is 4.49. The van der Waals surface area contributed by atoms with Gasteiger partial charge in [0.25, 0.3) is 0 Å². The molecule has 0 aromatic heterocycles. The molecule has 2 aromatic rings. The zero-order valence-electron chi connectivity index (χ0n) is 12.0. The topological polar surface area (TPSA) is 12.0 Å². The molecule has 1 aliphatic heterocycles. The summed E-state index contributed by atoms with van der Waals surface area (Å²) in [5.41, 5.74) is 2.93. The van der Waals surface area contributed by atoms with Crippen molar-refractivity contribution >= 4 is 0 Å². The minimum atomic E-state index is 0.639. The molecular formula is C19H23N. The summed E-state index contributed by atoms with van der Waals surface area (Å²) in [6.45, 7) is 1.16. The van der Waals surface area contributed by atoms with Crippen molar-refractivity contribution in [1.29, 1.82) is 0 Å². The Balaban J connectivity index is 1.57. The molecule has 1 fully saturated rings. The van der Waals surface area contributed by atoms with Crippen molar-refractivity contribution in [2.75, 3.05) is 6.54 Å². The maximum atomic E-state index is 3.68. The number of piperidine rings is 1. The Labute approximate surface area is 122 Å². The summed E-state index contributed by atoms with van der Waals surface area (Å²) in [5.74, 6) is 0.826. The molecule has 1 heterocycles. The predicted molar refractivity (Wildman–Crippen MR) is 84.8 cm³/mol. The fourth-order valence-electron chi connectivity index (χ4n) is 3.28. The molecule has 1 N–H and O–H groups in total. The van der Waals surface area contributed by atoms with Crippen LogP contribution in [0.2, 0.25) is 0 Å². The average molecular weight is 265 g/mol. The van der Waals surface area contributed by atoms with Crippen molar-refractivity contribution in [1.82, 2.24) is 5.32 Å². The molecule has 0 aliphatic carbocycles. The Hall–Kier alpha value is -1.60. The molecule has 1 nitrogen and oxygen atoms in total. The van der Waals surface area contributed by atoms with Crippen LogP contribution in [0, 0.1) is 5.92 Å². The summed E-state index contributed by atoms with van der Waals surface area (Å²) in [5, 5.41) is 3.68. The van der Waals surface area contributed by atoms with E-state index in [1.54, 1.807) is 0 Å². The molecule has 0 spiro atoms. The van der Waals surface area contributed by atoms with Crippen LogP contribution in [-0.4, -0.2) is 12.6 Å². The van der Waals surface area contributed by atoms with E-state index < -0.39 is 0 Å². The van der Waals surface area contributed by atoms with Crippen LogP contribution in [0.4, 0.5) is 0 Å². The maximum Gasteiger partial charge on any atom is 0.0110 e. The second kappa shape index (κ2) is 6.71. The Bertz CT molecular complexity index is 458. The first kappa shape index (κ1) is 13.4. The molecule has 2 aromatic carbocycles. The van der Waals surface area contributed by atoms with Crippen molar-refractivity contribution in [3.05, 3.63) is 71.8 Å². The third-order valence-electron chi connectivity index (χ3n) is 4.30. The van der Waals surface area contributed by atoms with Gasteiger partial charge < -0.3 is 5.32 Å². The van der Waals surface area contributed by atoms with Gasteiger partial charge in [-0.3, -0.25) is 0 Å². The monoisotopic (exact) mass is 265 g/mol. The van der Waals surface area contributed by atoms with Gasteiger partial charge in [0.2, 0.25) is 0 Å². The molecule has 0 amide bonds. The van der Waals surface area contributed by atoms with E-state index >= 15 is 0 Å². The van der Waals surface area contributed by atoms with Crippen LogP contribution >= 0.6 is 0 Å². The van der Waals surface area contributed by atoms with Crippen molar-refractivity contribution in [2.24, 2.45) is 5.92 Å². The number of hydrogen-bond donors (Lipinski definition) is 1. The standard InChI is InChI=1S/C19H23N/c1-3-7-16(8-4-1)13-18-11-12-20-19(15-18)14-17-9-5-2-6-10-17/h1-10,18-20H,11-15H2/t18-,19+/m1/s1. The highest BCUT2D eigenvalue weighted by Gasteiger charge is 2.21. The molecule has 0 unspecified atom stereocenters. The lowest BCUT2D eigenvalue weighted by Gasteiger charge is -2.30. The van der Waals surface area contributed by atoms with Crippen LogP contribution in [0.25, 0.3) is 0 Å². The summed E-state index contributed by atoms with van der Waals surface area (Å²) in [6, 6.07) is 22.4. The molecule has 1 heteroatoms. The predicted octanol–water partition coefficient (Wildman–Crippen LogP) is 3.84. The summed E-state index contributed by atoms with van der Waals surface area (Å²) in [4.78, 5) is 0. The number of nitrogens with one attached hydrogen (secondary N) is 1. The normalized spacial score (nSPS) is 22.6. The Morgan fingerprint density at radius 3 is 2.05 bits per heavy atom. The van der Waals surface area contributed by atoms with Crippen LogP contribution in [0.5, 0.6) is 0 Å². The largest absolute Gasteiger partial charge is 0.314 e. The first-order valence-electron chi connectivity index (χ1n) is 7.71. The average Bonchev–Trinajstić information content (AvgIpc) is 2.50. The number of hydrogen-bond acceptors (Lipinski definition) is 1. The zero-order valence-corrected chi connectivity index (χ0v) is 12.0. The first-order valence-corrected chi connectivity index (χ1v) is 7.71. The third-order valence-corrected chi connectivity index (χ3v) is 4.30. The molecule has 1 saturated heterocycles. The highest BCUT2D eigenvalue weighted by molar-refractivity contribution is 5.17. The molecule has 20 heavy (non-hydrogen) atoms. The van der Waals surface area contributed by atoms with E-state index in [0.29, 0.717) is 6.04 Å². The fraction of sp³-hybridized carbons (Fsp3) is 0.368. The van der Waals surface area contributed by atoms with Crippen molar-refractivity contribution < 1.29 is 0 Å². The quantitative estimate of drug-likeness (QED) is 0.885.